The van der Waals surface area contributed by atoms with Gasteiger partial charge in [-0.2, -0.15) is 5.10 Å². The highest BCUT2D eigenvalue weighted by atomic mass is 16.2. The Balaban J connectivity index is 1.60. The highest BCUT2D eigenvalue weighted by molar-refractivity contribution is 6.04. The Labute approximate surface area is 168 Å². The van der Waals surface area contributed by atoms with Gasteiger partial charge in [0.25, 0.3) is 11.5 Å². The lowest BCUT2D eigenvalue weighted by Gasteiger charge is -2.35. The number of carbonyl (C=O) groups is 1. The summed E-state index contributed by atoms with van der Waals surface area (Å²) in [6.07, 6.45) is 6.84. The molecule has 150 valence electrons. The first-order valence-electron chi connectivity index (χ1n) is 9.99. The number of aryl methyl sites for hydroxylation is 1. The van der Waals surface area contributed by atoms with Crippen molar-refractivity contribution in [1.82, 2.24) is 24.6 Å². The van der Waals surface area contributed by atoms with Gasteiger partial charge in [-0.25, -0.2) is 9.67 Å². The van der Waals surface area contributed by atoms with Gasteiger partial charge in [0.1, 0.15) is 5.82 Å². The lowest BCUT2D eigenvalue weighted by atomic mass is 10.1. The second-order valence-corrected chi connectivity index (χ2v) is 7.12. The van der Waals surface area contributed by atoms with E-state index in [1.54, 1.807) is 35.6 Å². The molecule has 1 aromatic carbocycles. The fourth-order valence-corrected chi connectivity index (χ4v) is 3.60. The third-order valence-electron chi connectivity index (χ3n) is 5.23. The zero-order chi connectivity index (χ0) is 20.2. The predicted octanol–water partition coefficient (Wildman–Crippen LogP) is 1.95. The van der Waals surface area contributed by atoms with Crippen molar-refractivity contribution in [2.75, 3.05) is 31.1 Å². The van der Waals surface area contributed by atoms with Crippen LogP contribution >= 0.6 is 0 Å². The molecule has 0 atom stereocenters. The molecule has 1 fully saturated rings. The minimum atomic E-state index is -0.141. The van der Waals surface area contributed by atoms with Crippen molar-refractivity contribution in [2.24, 2.45) is 0 Å². The first kappa shape index (κ1) is 19.0. The van der Waals surface area contributed by atoms with E-state index in [4.69, 9.17) is 0 Å². The van der Waals surface area contributed by atoms with E-state index in [0.29, 0.717) is 49.2 Å². The van der Waals surface area contributed by atoms with Crippen LogP contribution in [0.2, 0.25) is 0 Å². The number of hydrogen-bond donors (Lipinski definition) is 0. The van der Waals surface area contributed by atoms with E-state index in [0.717, 1.165) is 18.7 Å². The zero-order valence-electron chi connectivity index (χ0n) is 16.5. The summed E-state index contributed by atoms with van der Waals surface area (Å²) in [7, 11) is 0. The number of carbonyl (C=O) groups excluding carboxylic acids is 1. The van der Waals surface area contributed by atoms with Gasteiger partial charge in [-0.3, -0.25) is 14.6 Å². The molecule has 0 N–H and O–H groups in total. The van der Waals surface area contributed by atoms with E-state index >= 15 is 0 Å². The molecule has 0 bridgehead atoms. The number of benzene rings is 1. The van der Waals surface area contributed by atoms with Crippen molar-refractivity contribution >= 4 is 22.5 Å². The number of rotatable bonds is 5. The van der Waals surface area contributed by atoms with Gasteiger partial charge in [0.15, 0.2) is 5.69 Å². The maximum absolute atomic E-state index is 13.3. The van der Waals surface area contributed by atoms with Gasteiger partial charge in [-0.1, -0.05) is 31.5 Å². The van der Waals surface area contributed by atoms with E-state index in [-0.39, 0.29) is 11.5 Å². The topological polar surface area (TPSA) is 84.2 Å². The Hall–Kier alpha value is -3.29. The van der Waals surface area contributed by atoms with Gasteiger partial charge in [-0.05, 0) is 12.5 Å². The molecule has 4 rings (SSSR count). The van der Waals surface area contributed by atoms with Gasteiger partial charge in [0.05, 0.1) is 11.6 Å². The molecular formula is C21H24N6O2. The Morgan fingerprint density at radius 3 is 2.52 bits per heavy atom. The molecule has 2 aromatic heterocycles. The second-order valence-electron chi connectivity index (χ2n) is 7.12. The van der Waals surface area contributed by atoms with Gasteiger partial charge in [-0.15, -0.1) is 0 Å². The summed E-state index contributed by atoms with van der Waals surface area (Å²) in [5, 5.41) is 5.63. The number of nitrogens with zero attached hydrogens (tertiary/aromatic N) is 6. The van der Waals surface area contributed by atoms with Crippen molar-refractivity contribution in [2.45, 2.75) is 26.3 Å². The van der Waals surface area contributed by atoms with Crippen LogP contribution in [0, 0.1) is 0 Å². The van der Waals surface area contributed by atoms with Crippen LogP contribution in [0.25, 0.3) is 10.8 Å². The molecule has 0 aliphatic carbocycles. The predicted molar refractivity (Wildman–Crippen MR) is 111 cm³/mol. The molecule has 8 nitrogen and oxygen atoms in total. The molecule has 8 heteroatoms. The summed E-state index contributed by atoms with van der Waals surface area (Å²) in [5.41, 5.74) is 0.210. The average Bonchev–Trinajstić information content (AvgIpc) is 2.79. The largest absolute Gasteiger partial charge is 0.352 e. The Bertz CT molecular complexity index is 1060. The van der Waals surface area contributed by atoms with Gasteiger partial charge in [0.2, 0.25) is 0 Å². The molecule has 1 saturated heterocycles. The second kappa shape index (κ2) is 8.38. The van der Waals surface area contributed by atoms with E-state index in [1.165, 1.54) is 4.68 Å². The van der Waals surface area contributed by atoms with Crippen molar-refractivity contribution in [1.29, 1.82) is 0 Å². The fraction of sp³-hybridized carbons (Fsp3) is 0.381. The molecule has 3 aromatic rings. The van der Waals surface area contributed by atoms with E-state index in [2.05, 4.69) is 26.9 Å². The van der Waals surface area contributed by atoms with Crippen LogP contribution in [0.3, 0.4) is 0 Å². The summed E-state index contributed by atoms with van der Waals surface area (Å²) < 4.78 is 1.44. The van der Waals surface area contributed by atoms with Crippen LogP contribution in [0.1, 0.15) is 30.3 Å². The van der Waals surface area contributed by atoms with E-state index in [9.17, 15) is 9.59 Å². The van der Waals surface area contributed by atoms with Crippen LogP contribution in [0.15, 0.2) is 47.7 Å². The van der Waals surface area contributed by atoms with Crippen LogP contribution in [-0.2, 0) is 6.54 Å². The molecule has 0 radical (unpaired) electrons. The van der Waals surface area contributed by atoms with Crippen LogP contribution in [0.5, 0.6) is 0 Å². The zero-order valence-corrected chi connectivity index (χ0v) is 16.5. The SMILES string of the molecule is CCCCn1nc(C(=O)N2CCN(c3cnccn3)CC2)c2ccccc2c1=O. The molecule has 3 heterocycles. The number of fused-ring (bicyclic) bond motifs is 1. The molecule has 1 amide bonds. The van der Waals surface area contributed by atoms with Gasteiger partial charge >= 0.3 is 0 Å². The molecule has 0 saturated carbocycles. The van der Waals surface area contributed by atoms with E-state index < -0.39 is 0 Å². The van der Waals surface area contributed by atoms with Crippen molar-refractivity contribution in [3.05, 3.63) is 58.9 Å². The lowest BCUT2D eigenvalue weighted by molar-refractivity contribution is 0.0740. The highest BCUT2D eigenvalue weighted by Gasteiger charge is 2.26. The number of piperazine rings is 1. The van der Waals surface area contributed by atoms with Crippen molar-refractivity contribution < 1.29 is 4.79 Å². The number of aromatic nitrogens is 4. The highest BCUT2D eigenvalue weighted by Crippen LogP contribution is 2.18. The third-order valence-corrected chi connectivity index (χ3v) is 5.23. The lowest BCUT2D eigenvalue weighted by Crippen LogP contribution is -2.49. The summed E-state index contributed by atoms with van der Waals surface area (Å²) in [6, 6.07) is 7.23. The molecular weight excluding hydrogens is 368 g/mol. The minimum absolute atomic E-state index is 0.134. The Kier molecular flexibility index (Phi) is 5.50. The molecule has 0 unspecified atom stereocenters. The van der Waals surface area contributed by atoms with Gasteiger partial charge in [0, 0.05) is 50.5 Å². The Morgan fingerprint density at radius 2 is 1.83 bits per heavy atom. The monoisotopic (exact) mass is 392 g/mol. The molecule has 29 heavy (non-hydrogen) atoms. The smallest absolute Gasteiger partial charge is 0.275 e. The number of anilines is 1. The number of hydrogen-bond acceptors (Lipinski definition) is 6. The summed E-state index contributed by atoms with van der Waals surface area (Å²) in [5.74, 6) is 0.682. The molecule has 0 spiro atoms. The maximum Gasteiger partial charge on any atom is 0.275 e. The standard InChI is InChI=1S/C21H24N6O2/c1-2-3-10-27-20(28)17-7-5-4-6-16(17)19(24-27)21(29)26-13-11-25(12-14-26)18-15-22-8-9-23-18/h4-9,15H,2-3,10-14H2,1H3. The molecule has 1 aliphatic rings. The number of amides is 1. The maximum atomic E-state index is 13.3. The first-order chi connectivity index (χ1) is 14.2. The number of unbranched alkanes of at least 4 members (excludes halogenated alkanes) is 1. The van der Waals surface area contributed by atoms with Crippen molar-refractivity contribution in [3.8, 4) is 0 Å². The van der Waals surface area contributed by atoms with E-state index in [1.807, 2.05) is 12.1 Å². The summed E-state index contributed by atoms with van der Waals surface area (Å²) in [4.78, 5) is 38.4. The van der Waals surface area contributed by atoms with Crippen LogP contribution < -0.4 is 10.5 Å². The Morgan fingerprint density at radius 1 is 1.07 bits per heavy atom. The fourth-order valence-electron chi connectivity index (χ4n) is 3.60. The van der Waals surface area contributed by atoms with Crippen LogP contribution in [-0.4, -0.2) is 56.7 Å². The average molecular weight is 392 g/mol. The molecule has 1 aliphatic heterocycles. The van der Waals surface area contributed by atoms with Crippen molar-refractivity contribution in [3.63, 3.8) is 0 Å². The minimum Gasteiger partial charge on any atom is -0.352 e. The van der Waals surface area contributed by atoms with Gasteiger partial charge < -0.3 is 9.80 Å². The summed E-state index contributed by atoms with van der Waals surface area (Å²) in [6.45, 7) is 5.07. The summed E-state index contributed by atoms with van der Waals surface area (Å²) >= 11 is 0. The third kappa shape index (κ3) is 3.83. The normalized spacial score (nSPS) is 14.4. The first-order valence-corrected chi connectivity index (χ1v) is 9.99. The van der Waals surface area contributed by atoms with Crippen LogP contribution in [0.4, 0.5) is 5.82 Å². The quantitative estimate of drug-likeness (QED) is 0.660.